The summed E-state index contributed by atoms with van der Waals surface area (Å²) in [5, 5.41) is 0. The lowest BCUT2D eigenvalue weighted by atomic mass is 10.3. The number of hydrogen-bond donors (Lipinski definition) is 3. The Morgan fingerprint density at radius 3 is 2.80 bits per heavy atom. The highest BCUT2D eigenvalue weighted by atomic mass is 32.2. The molecule has 0 heterocycles. The molecular formula is C9H12FN3OS. The molecule has 1 rings (SSSR count). The van der Waals surface area contributed by atoms with Gasteiger partial charge in [-0.15, -0.1) is 11.8 Å². The number of thioether (sulfide) groups is 1. The lowest BCUT2D eigenvalue weighted by molar-refractivity contribution is -0.118. The van der Waals surface area contributed by atoms with E-state index in [-0.39, 0.29) is 11.6 Å². The summed E-state index contributed by atoms with van der Waals surface area (Å²) in [5.74, 6) is -0.681. The van der Waals surface area contributed by atoms with E-state index >= 15 is 0 Å². The Hall–Kier alpha value is -1.27. The molecule has 4 nitrogen and oxygen atoms in total. The molecule has 1 aromatic carbocycles. The molecule has 0 bridgehead atoms. The molecule has 1 aromatic rings. The van der Waals surface area contributed by atoms with Crippen LogP contribution in [0.15, 0.2) is 23.1 Å². The molecule has 1 amide bonds. The highest BCUT2D eigenvalue weighted by Crippen LogP contribution is 2.25. The maximum atomic E-state index is 12.8. The standard InChI is InChI=1S/C9H12FN3OS/c10-5-1-2-6(11)8(3-5)15-4-7(12)9(13)14/h1-3,7H,4,11-12H2,(H2,13,14). The normalized spacial score (nSPS) is 12.4. The Labute approximate surface area is 91.0 Å². The number of carbonyl (C=O) groups excluding carboxylic acids is 1. The third-order valence-electron chi connectivity index (χ3n) is 1.76. The molecule has 6 heteroatoms. The van der Waals surface area contributed by atoms with Crippen molar-refractivity contribution >= 4 is 23.4 Å². The van der Waals surface area contributed by atoms with Gasteiger partial charge in [-0.05, 0) is 18.2 Å². The highest BCUT2D eigenvalue weighted by molar-refractivity contribution is 7.99. The summed E-state index contributed by atoms with van der Waals surface area (Å²) in [6, 6.07) is 3.28. The monoisotopic (exact) mass is 229 g/mol. The van der Waals surface area contributed by atoms with Gasteiger partial charge in [-0.1, -0.05) is 0 Å². The number of halogens is 1. The lowest BCUT2D eigenvalue weighted by Crippen LogP contribution is -2.38. The van der Waals surface area contributed by atoms with Crippen molar-refractivity contribution in [3.8, 4) is 0 Å². The van der Waals surface area contributed by atoms with Crippen LogP contribution in [0.25, 0.3) is 0 Å². The van der Waals surface area contributed by atoms with Crippen molar-refractivity contribution < 1.29 is 9.18 Å². The van der Waals surface area contributed by atoms with Crippen molar-refractivity contribution in [3.05, 3.63) is 24.0 Å². The van der Waals surface area contributed by atoms with Crippen molar-refractivity contribution in [2.24, 2.45) is 11.5 Å². The fourth-order valence-electron chi connectivity index (χ4n) is 0.895. The summed E-state index contributed by atoms with van der Waals surface area (Å²) in [6.45, 7) is 0. The zero-order valence-electron chi connectivity index (χ0n) is 7.94. The second kappa shape index (κ2) is 4.99. The van der Waals surface area contributed by atoms with E-state index in [0.717, 1.165) is 0 Å². The number of carbonyl (C=O) groups is 1. The van der Waals surface area contributed by atoms with Crippen LogP contribution in [0.2, 0.25) is 0 Å². The summed E-state index contributed by atoms with van der Waals surface area (Å²) in [6.07, 6.45) is 0. The first-order chi connectivity index (χ1) is 7.00. The van der Waals surface area contributed by atoms with Gasteiger partial charge in [0.2, 0.25) is 5.91 Å². The number of amides is 1. The van der Waals surface area contributed by atoms with Crippen LogP contribution in [-0.2, 0) is 4.79 Å². The second-order valence-corrected chi connectivity index (χ2v) is 4.06. The van der Waals surface area contributed by atoms with Gasteiger partial charge in [0.25, 0.3) is 0 Å². The molecule has 0 spiro atoms. The van der Waals surface area contributed by atoms with Gasteiger partial charge in [0.15, 0.2) is 0 Å². The Kier molecular flexibility index (Phi) is 3.93. The number of nitrogen functional groups attached to an aromatic ring is 1. The van der Waals surface area contributed by atoms with Crippen LogP contribution >= 0.6 is 11.8 Å². The Balaban J connectivity index is 2.65. The zero-order chi connectivity index (χ0) is 11.4. The van der Waals surface area contributed by atoms with Gasteiger partial charge >= 0.3 is 0 Å². The van der Waals surface area contributed by atoms with E-state index in [2.05, 4.69) is 0 Å². The first-order valence-corrected chi connectivity index (χ1v) is 5.22. The highest BCUT2D eigenvalue weighted by Gasteiger charge is 2.10. The molecule has 0 saturated carbocycles. The molecule has 0 saturated heterocycles. The Morgan fingerprint density at radius 1 is 1.53 bits per heavy atom. The summed E-state index contributed by atoms with van der Waals surface area (Å²) in [7, 11) is 0. The number of hydrogen-bond acceptors (Lipinski definition) is 4. The lowest BCUT2D eigenvalue weighted by Gasteiger charge is -2.08. The predicted octanol–water partition coefficient (Wildman–Crippen LogP) is 0.313. The van der Waals surface area contributed by atoms with E-state index in [0.29, 0.717) is 10.6 Å². The minimum Gasteiger partial charge on any atom is -0.398 e. The predicted molar refractivity (Wildman–Crippen MR) is 58.7 cm³/mol. The van der Waals surface area contributed by atoms with Gasteiger partial charge in [0.05, 0.1) is 6.04 Å². The molecule has 0 fully saturated rings. The molecule has 82 valence electrons. The number of benzene rings is 1. The molecular weight excluding hydrogens is 217 g/mol. The quantitative estimate of drug-likeness (QED) is 0.511. The third-order valence-corrected chi connectivity index (χ3v) is 2.95. The third kappa shape index (κ3) is 3.41. The van der Waals surface area contributed by atoms with Crippen LogP contribution in [0.4, 0.5) is 10.1 Å². The molecule has 0 aliphatic carbocycles. The van der Waals surface area contributed by atoms with E-state index in [1.807, 2.05) is 0 Å². The van der Waals surface area contributed by atoms with E-state index in [1.165, 1.54) is 30.0 Å². The molecule has 1 atom stereocenters. The van der Waals surface area contributed by atoms with Crippen LogP contribution in [0.5, 0.6) is 0 Å². The Morgan fingerprint density at radius 2 is 2.20 bits per heavy atom. The van der Waals surface area contributed by atoms with E-state index in [9.17, 15) is 9.18 Å². The first-order valence-electron chi connectivity index (χ1n) is 4.23. The van der Waals surface area contributed by atoms with Crippen LogP contribution < -0.4 is 17.2 Å². The van der Waals surface area contributed by atoms with Gasteiger partial charge in [-0.25, -0.2) is 4.39 Å². The average Bonchev–Trinajstić information content (AvgIpc) is 2.18. The molecule has 15 heavy (non-hydrogen) atoms. The van der Waals surface area contributed by atoms with Crippen LogP contribution in [-0.4, -0.2) is 17.7 Å². The fraction of sp³-hybridized carbons (Fsp3) is 0.222. The van der Waals surface area contributed by atoms with Crippen molar-refractivity contribution in [2.45, 2.75) is 10.9 Å². The minimum atomic E-state index is -0.752. The number of rotatable bonds is 4. The molecule has 1 unspecified atom stereocenters. The van der Waals surface area contributed by atoms with Crippen molar-refractivity contribution in [3.63, 3.8) is 0 Å². The first kappa shape index (κ1) is 11.8. The summed E-state index contributed by atoms with van der Waals surface area (Å²) >= 11 is 1.21. The van der Waals surface area contributed by atoms with Gasteiger partial charge in [0.1, 0.15) is 5.82 Å². The molecule has 0 aromatic heterocycles. The maximum Gasteiger partial charge on any atom is 0.235 e. The van der Waals surface area contributed by atoms with E-state index in [1.54, 1.807) is 0 Å². The van der Waals surface area contributed by atoms with Crippen LogP contribution in [0, 0.1) is 5.82 Å². The fourth-order valence-corrected chi connectivity index (χ4v) is 1.85. The summed E-state index contributed by atoms with van der Waals surface area (Å²) < 4.78 is 12.8. The molecule has 0 aliphatic rings. The average molecular weight is 229 g/mol. The van der Waals surface area contributed by atoms with Crippen LogP contribution in [0.3, 0.4) is 0 Å². The topological polar surface area (TPSA) is 95.1 Å². The zero-order valence-corrected chi connectivity index (χ0v) is 8.76. The van der Waals surface area contributed by atoms with Gasteiger partial charge in [0, 0.05) is 16.3 Å². The van der Waals surface area contributed by atoms with E-state index < -0.39 is 11.9 Å². The van der Waals surface area contributed by atoms with Crippen LogP contribution in [0.1, 0.15) is 0 Å². The number of primary amides is 1. The molecule has 0 aliphatic heterocycles. The van der Waals surface area contributed by atoms with Gasteiger partial charge in [-0.2, -0.15) is 0 Å². The minimum absolute atomic E-state index is 0.281. The smallest absolute Gasteiger partial charge is 0.235 e. The maximum absolute atomic E-state index is 12.8. The van der Waals surface area contributed by atoms with Gasteiger partial charge < -0.3 is 17.2 Å². The SMILES string of the molecule is NC(=O)C(N)CSc1cc(F)ccc1N. The largest absolute Gasteiger partial charge is 0.398 e. The number of anilines is 1. The molecule has 6 N–H and O–H groups in total. The Bertz CT molecular complexity index is 372. The second-order valence-electron chi connectivity index (χ2n) is 3.00. The van der Waals surface area contributed by atoms with E-state index in [4.69, 9.17) is 17.2 Å². The summed E-state index contributed by atoms with van der Waals surface area (Å²) in [5.41, 5.74) is 16.5. The molecule has 0 radical (unpaired) electrons. The summed E-state index contributed by atoms with van der Waals surface area (Å²) in [4.78, 5) is 11.2. The van der Waals surface area contributed by atoms with Crippen molar-refractivity contribution in [2.75, 3.05) is 11.5 Å². The van der Waals surface area contributed by atoms with Crippen molar-refractivity contribution in [1.82, 2.24) is 0 Å². The van der Waals surface area contributed by atoms with Crippen molar-refractivity contribution in [1.29, 1.82) is 0 Å². The van der Waals surface area contributed by atoms with Gasteiger partial charge in [-0.3, -0.25) is 4.79 Å². The number of nitrogens with two attached hydrogens (primary N) is 3.